The van der Waals surface area contributed by atoms with Crippen LogP contribution in [0.2, 0.25) is 0 Å². The fourth-order valence-corrected chi connectivity index (χ4v) is 2.89. The number of nitrogens with one attached hydrogen (secondary N) is 1. The molecule has 1 atom stereocenters. The smallest absolute Gasteiger partial charge is 0.183 e. The van der Waals surface area contributed by atoms with Gasteiger partial charge in [-0.3, -0.25) is 0 Å². The summed E-state index contributed by atoms with van der Waals surface area (Å²) in [6.07, 6.45) is 2.40. The lowest BCUT2D eigenvalue weighted by Gasteiger charge is -2.10. The van der Waals surface area contributed by atoms with Crippen LogP contribution in [-0.2, 0) is 0 Å². The first-order valence-electron chi connectivity index (χ1n) is 5.82. The highest BCUT2D eigenvalue weighted by molar-refractivity contribution is 7.22. The van der Waals surface area contributed by atoms with Gasteiger partial charge < -0.3 is 5.32 Å². The van der Waals surface area contributed by atoms with Crippen LogP contribution in [-0.4, -0.2) is 11.0 Å². The Morgan fingerprint density at radius 3 is 3.00 bits per heavy atom. The predicted molar refractivity (Wildman–Crippen MR) is 72.3 cm³/mol. The van der Waals surface area contributed by atoms with Gasteiger partial charge in [-0.25, -0.2) is 4.98 Å². The lowest BCUT2D eigenvalue weighted by atomic mass is 10.2. The van der Waals surface area contributed by atoms with E-state index < -0.39 is 0 Å². The maximum absolute atomic E-state index is 4.58. The Labute approximate surface area is 101 Å². The Morgan fingerprint density at radius 1 is 1.44 bits per heavy atom. The molecule has 1 aromatic carbocycles. The van der Waals surface area contributed by atoms with E-state index in [0.717, 1.165) is 10.6 Å². The monoisotopic (exact) mass is 234 g/mol. The number of thiazole rings is 1. The zero-order chi connectivity index (χ0) is 11.5. The molecule has 2 aromatic rings. The fraction of sp³-hybridized carbons (Fsp3) is 0.462. The molecule has 86 valence electrons. The molecular weight excluding hydrogens is 216 g/mol. The molecular formula is C13H18N2S. The zero-order valence-electron chi connectivity index (χ0n) is 10.1. The van der Waals surface area contributed by atoms with E-state index in [9.17, 15) is 0 Å². The number of hydrogen-bond donors (Lipinski definition) is 1. The Bertz CT molecular complexity index is 476. The third-order valence-electron chi connectivity index (χ3n) is 2.64. The summed E-state index contributed by atoms with van der Waals surface area (Å²) in [6.45, 7) is 6.53. The molecule has 1 unspecified atom stereocenters. The number of anilines is 1. The fourth-order valence-electron chi connectivity index (χ4n) is 1.81. The second-order valence-corrected chi connectivity index (χ2v) is 5.35. The molecule has 1 heterocycles. The number of aromatic nitrogens is 1. The van der Waals surface area contributed by atoms with Crippen LogP contribution in [0.5, 0.6) is 0 Å². The molecule has 1 N–H and O–H groups in total. The maximum Gasteiger partial charge on any atom is 0.183 e. The highest BCUT2D eigenvalue weighted by atomic mass is 32.1. The van der Waals surface area contributed by atoms with Crippen molar-refractivity contribution in [3.05, 3.63) is 23.8 Å². The van der Waals surface area contributed by atoms with Crippen LogP contribution in [0.4, 0.5) is 5.13 Å². The third-order valence-corrected chi connectivity index (χ3v) is 3.58. The van der Waals surface area contributed by atoms with E-state index in [2.05, 4.69) is 49.3 Å². The third kappa shape index (κ3) is 2.53. The first-order chi connectivity index (χ1) is 7.69. The largest absolute Gasteiger partial charge is 0.359 e. The summed E-state index contributed by atoms with van der Waals surface area (Å²) in [5, 5.41) is 4.50. The van der Waals surface area contributed by atoms with E-state index in [1.165, 1.54) is 23.1 Å². The van der Waals surface area contributed by atoms with Gasteiger partial charge in [-0.2, -0.15) is 0 Å². The van der Waals surface area contributed by atoms with Crippen LogP contribution >= 0.6 is 11.3 Å². The molecule has 1 aromatic heterocycles. The van der Waals surface area contributed by atoms with E-state index in [1.807, 2.05) is 0 Å². The molecule has 0 fully saturated rings. The summed E-state index contributed by atoms with van der Waals surface area (Å²) in [5.41, 5.74) is 2.39. The summed E-state index contributed by atoms with van der Waals surface area (Å²) >= 11 is 1.74. The maximum atomic E-state index is 4.58. The molecule has 0 saturated carbocycles. The minimum atomic E-state index is 0.506. The van der Waals surface area contributed by atoms with Crippen molar-refractivity contribution in [2.45, 2.75) is 39.7 Å². The van der Waals surface area contributed by atoms with Gasteiger partial charge in [0.15, 0.2) is 5.13 Å². The van der Waals surface area contributed by atoms with E-state index >= 15 is 0 Å². The normalized spacial score (nSPS) is 12.9. The van der Waals surface area contributed by atoms with Crippen molar-refractivity contribution < 1.29 is 0 Å². The SMILES string of the molecule is CCCC(C)Nc1nc2ccc(C)cc2s1. The molecule has 0 amide bonds. The van der Waals surface area contributed by atoms with Crippen molar-refractivity contribution in [1.29, 1.82) is 0 Å². The van der Waals surface area contributed by atoms with Crippen molar-refractivity contribution in [3.8, 4) is 0 Å². The molecule has 2 rings (SSSR count). The van der Waals surface area contributed by atoms with Crippen LogP contribution < -0.4 is 5.32 Å². The standard InChI is InChI=1S/C13H18N2S/c1-4-5-10(3)14-13-15-11-7-6-9(2)8-12(11)16-13/h6-8,10H,4-5H2,1-3H3,(H,14,15). The topological polar surface area (TPSA) is 24.9 Å². The highest BCUT2D eigenvalue weighted by Crippen LogP contribution is 2.27. The van der Waals surface area contributed by atoms with Crippen LogP contribution in [0, 0.1) is 6.92 Å². The van der Waals surface area contributed by atoms with Gasteiger partial charge >= 0.3 is 0 Å². The number of nitrogens with zero attached hydrogens (tertiary/aromatic N) is 1. The lowest BCUT2D eigenvalue weighted by Crippen LogP contribution is -2.13. The lowest BCUT2D eigenvalue weighted by molar-refractivity contribution is 0.690. The number of aryl methyl sites for hydroxylation is 1. The predicted octanol–water partition coefficient (Wildman–Crippen LogP) is 4.21. The summed E-state index contributed by atoms with van der Waals surface area (Å²) in [5.74, 6) is 0. The molecule has 2 nitrogen and oxygen atoms in total. The molecule has 0 aliphatic rings. The number of rotatable bonds is 4. The van der Waals surface area contributed by atoms with Crippen molar-refractivity contribution >= 4 is 26.7 Å². The molecule has 0 aliphatic carbocycles. The van der Waals surface area contributed by atoms with E-state index in [0.29, 0.717) is 6.04 Å². The van der Waals surface area contributed by atoms with Gasteiger partial charge in [-0.05, 0) is 38.0 Å². The molecule has 0 bridgehead atoms. The molecule has 0 aliphatic heterocycles. The van der Waals surface area contributed by atoms with Gasteiger partial charge in [0.1, 0.15) is 0 Å². The zero-order valence-corrected chi connectivity index (χ0v) is 10.9. The molecule has 0 saturated heterocycles. The van der Waals surface area contributed by atoms with Crippen molar-refractivity contribution in [2.75, 3.05) is 5.32 Å². The van der Waals surface area contributed by atoms with Crippen LogP contribution in [0.1, 0.15) is 32.3 Å². The van der Waals surface area contributed by atoms with Crippen LogP contribution in [0.25, 0.3) is 10.2 Å². The number of hydrogen-bond acceptors (Lipinski definition) is 3. The minimum Gasteiger partial charge on any atom is -0.359 e. The molecule has 3 heteroatoms. The van der Waals surface area contributed by atoms with Gasteiger partial charge in [0, 0.05) is 6.04 Å². The van der Waals surface area contributed by atoms with Crippen molar-refractivity contribution in [3.63, 3.8) is 0 Å². The summed E-state index contributed by atoms with van der Waals surface area (Å²) in [4.78, 5) is 4.58. The number of benzene rings is 1. The van der Waals surface area contributed by atoms with Gasteiger partial charge in [0.2, 0.25) is 0 Å². The van der Waals surface area contributed by atoms with Crippen LogP contribution in [0.15, 0.2) is 18.2 Å². The van der Waals surface area contributed by atoms with Crippen molar-refractivity contribution in [2.24, 2.45) is 0 Å². The average Bonchev–Trinajstić information content (AvgIpc) is 2.59. The van der Waals surface area contributed by atoms with Gasteiger partial charge in [-0.15, -0.1) is 0 Å². The summed E-state index contributed by atoms with van der Waals surface area (Å²) in [7, 11) is 0. The average molecular weight is 234 g/mol. The highest BCUT2D eigenvalue weighted by Gasteiger charge is 2.06. The van der Waals surface area contributed by atoms with E-state index in [-0.39, 0.29) is 0 Å². The van der Waals surface area contributed by atoms with Gasteiger partial charge in [0.25, 0.3) is 0 Å². The van der Waals surface area contributed by atoms with Crippen LogP contribution in [0.3, 0.4) is 0 Å². The van der Waals surface area contributed by atoms with E-state index in [1.54, 1.807) is 11.3 Å². The molecule has 16 heavy (non-hydrogen) atoms. The summed E-state index contributed by atoms with van der Waals surface area (Å²) < 4.78 is 1.27. The van der Waals surface area contributed by atoms with Crippen molar-refractivity contribution in [1.82, 2.24) is 4.98 Å². The molecule has 0 spiro atoms. The van der Waals surface area contributed by atoms with Gasteiger partial charge in [-0.1, -0.05) is 30.7 Å². The van der Waals surface area contributed by atoms with E-state index in [4.69, 9.17) is 0 Å². The minimum absolute atomic E-state index is 0.506. The first kappa shape index (κ1) is 11.4. The second kappa shape index (κ2) is 4.83. The Hall–Kier alpha value is -1.09. The molecule has 0 radical (unpaired) electrons. The second-order valence-electron chi connectivity index (χ2n) is 4.32. The van der Waals surface area contributed by atoms with Gasteiger partial charge in [0.05, 0.1) is 10.2 Å². The first-order valence-corrected chi connectivity index (χ1v) is 6.64. The Morgan fingerprint density at radius 2 is 2.25 bits per heavy atom. The Kier molecular flexibility index (Phi) is 3.44. The summed E-state index contributed by atoms with van der Waals surface area (Å²) in [6, 6.07) is 6.91. The quantitative estimate of drug-likeness (QED) is 0.857. The number of fused-ring (bicyclic) bond motifs is 1. The Balaban J connectivity index is 2.19.